The van der Waals surface area contributed by atoms with Gasteiger partial charge in [0.25, 0.3) is 0 Å². The minimum Gasteiger partial charge on any atom is -0.495 e. The highest BCUT2D eigenvalue weighted by Gasteiger charge is 2.14. The summed E-state index contributed by atoms with van der Waals surface area (Å²) >= 11 is 0. The fourth-order valence-electron chi connectivity index (χ4n) is 1.35. The van der Waals surface area contributed by atoms with Crippen LogP contribution in [0.4, 0.5) is 5.69 Å². The quantitative estimate of drug-likeness (QED) is 0.495. The van der Waals surface area contributed by atoms with Gasteiger partial charge in [0, 0.05) is 12.7 Å². The third-order valence-corrected chi connectivity index (χ3v) is 3.57. The Balaban J connectivity index is 2.98. The molecular weight excluding hydrogens is 270 g/mol. The normalized spacial score (nSPS) is 11.1. The number of rotatable bonds is 7. The van der Waals surface area contributed by atoms with Crippen molar-refractivity contribution in [2.24, 2.45) is 5.73 Å². The van der Waals surface area contributed by atoms with E-state index in [9.17, 15) is 8.42 Å². The Morgan fingerprint density at radius 3 is 2.63 bits per heavy atom. The number of hydrogen-bond donors (Lipinski definition) is 3. The molecule has 0 aliphatic heterocycles. The predicted molar refractivity (Wildman–Crippen MR) is 73.3 cm³/mol. The molecule has 1 rings (SSSR count). The minimum atomic E-state index is -3.50. The lowest BCUT2D eigenvalue weighted by Gasteiger charge is -2.12. The first-order valence-corrected chi connectivity index (χ1v) is 7.06. The molecule has 0 amide bonds. The second kappa shape index (κ2) is 6.39. The summed E-state index contributed by atoms with van der Waals surface area (Å²) in [5.41, 5.74) is 6.10. The second-order valence-electron chi connectivity index (χ2n) is 3.74. The van der Waals surface area contributed by atoms with Crippen LogP contribution in [0.25, 0.3) is 0 Å². The Kier molecular flexibility index (Phi) is 5.13. The lowest BCUT2D eigenvalue weighted by Crippen LogP contribution is -2.20. The van der Waals surface area contributed by atoms with Crippen LogP contribution in [0.1, 0.15) is 5.56 Å². The van der Waals surface area contributed by atoms with Crippen molar-refractivity contribution < 1.29 is 17.9 Å². The zero-order chi connectivity index (χ0) is 14.5. The Morgan fingerprint density at radius 2 is 2.11 bits per heavy atom. The summed E-state index contributed by atoms with van der Waals surface area (Å²) < 4.78 is 35.7. The van der Waals surface area contributed by atoms with Crippen molar-refractivity contribution in [2.75, 3.05) is 31.3 Å². The molecular formula is C11H17N3O4S. The molecule has 0 aliphatic rings. The van der Waals surface area contributed by atoms with Crippen LogP contribution in [0.5, 0.6) is 5.75 Å². The molecule has 0 aromatic heterocycles. The summed E-state index contributed by atoms with van der Waals surface area (Å²) in [6.45, 7) is 0.100. The van der Waals surface area contributed by atoms with Gasteiger partial charge in [0.2, 0.25) is 10.0 Å². The van der Waals surface area contributed by atoms with E-state index in [-0.39, 0.29) is 18.2 Å². The van der Waals surface area contributed by atoms with Crippen molar-refractivity contribution in [1.82, 2.24) is 0 Å². The topological polar surface area (TPSA) is 114 Å². The van der Waals surface area contributed by atoms with Gasteiger partial charge in [-0.15, -0.1) is 0 Å². The van der Waals surface area contributed by atoms with E-state index in [0.29, 0.717) is 17.0 Å². The zero-order valence-electron chi connectivity index (χ0n) is 10.8. The number of sulfonamides is 1. The SMILES string of the molecule is COCCS(=O)(=O)Nc1ccc(C(=N)N)cc1OC. The molecule has 0 saturated carbocycles. The van der Waals surface area contributed by atoms with Crippen molar-refractivity contribution in [3.63, 3.8) is 0 Å². The molecule has 0 aliphatic carbocycles. The summed E-state index contributed by atoms with van der Waals surface area (Å²) in [6, 6.07) is 4.54. The van der Waals surface area contributed by atoms with Crippen LogP contribution in [-0.4, -0.2) is 40.8 Å². The van der Waals surface area contributed by atoms with Crippen LogP contribution >= 0.6 is 0 Å². The molecule has 7 nitrogen and oxygen atoms in total. The Morgan fingerprint density at radius 1 is 1.42 bits per heavy atom. The summed E-state index contributed by atoms with van der Waals surface area (Å²) in [5, 5.41) is 7.32. The minimum absolute atomic E-state index is 0.100. The number of nitrogens with one attached hydrogen (secondary N) is 2. The summed E-state index contributed by atoms with van der Waals surface area (Å²) in [7, 11) is -0.665. The fourth-order valence-corrected chi connectivity index (χ4v) is 2.35. The van der Waals surface area contributed by atoms with Crippen molar-refractivity contribution >= 4 is 21.5 Å². The molecule has 0 radical (unpaired) electrons. The molecule has 0 fully saturated rings. The average molecular weight is 287 g/mol. The molecule has 1 aromatic rings. The summed E-state index contributed by atoms with van der Waals surface area (Å²) in [4.78, 5) is 0. The van der Waals surface area contributed by atoms with Gasteiger partial charge in [-0.3, -0.25) is 10.1 Å². The number of amidine groups is 1. The molecule has 0 bridgehead atoms. The molecule has 0 unspecified atom stereocenters. The largest absolute Gasteiger partial charge is 0.495 e. The third-order valence-electron chi connectivity index (χ3n) is 2.33. The molecule has 0 atom stereocenters. The molecule has 8 heteroatoms. The highest BCUT2D eigenvalue weighted by atomic mass is 32.2. The molecule has 19 heavy (non-hydrogen) atoms. The smallest absolute Gasteiger partial charge is 0.235 e. The maximum atomic E-state index is 11.7. The van der Waals surface area contributed by atoms with Crippen molar-refractivity contribution in [2.45, 2.75) is 0 Å². The van der Waals surface area contributed by atoms with Gasteiger partial charge in [-0.25, -0.2) is 8.42 Å². The number of benzene rings is 1. The average Bonchev–Trinajstić information content (AvgIpc) is 2.36. The van der Waals surface area contributed by atoms with E-state index in [1.807, 2.05) is 0 Å². The first-order chi connectivity index (χ1) is 8.89. The maximum Gasteiger partial charge on any atom is 0.235 e. The lowest BCUT2D eigenvalue weighted by molar-refractivity contribution is 0.217. The summed E-state index contributed by atoms with van der Waals surface area (Å²) in [6.07, 6.45) is 0. The van der Waals surface area contributed by atoms with Gasteiger partial charge in [-0.05, 0) is 18.2 Å². The predicted octanol–water partition coefficient (Wildman–Crippen LogP) is 0.367. The summed E-state index contributed by atoms with van der Waals surface area (Å²) in [5.74, 6) is 0.0296. The van der Waals surface area contributed by atoms with E-state index in [1.54, 1.807) is 6.07 Å². The number of ether oxygens (including phenoxy) is 2. The van der Waals surface area contributed by atoms with Crippen LogP contribution in [-0.2, 0) is 14.8 Å². The van der Waals surface area contributed by atoms with Crippen molar-refractivity contribution in [3.8, 4) is 5.75 Å². The Hall–Kier alpha value is -1.80. The molecule has 0 saturated heterocycles. The molecule has 106 valence electrons. The van der Waals surface area contributed by atoms with E-state index in [1.165, 1.54) is 26.4 Å². The van der Waals surface area contributed by atoms with E-state index in [0.717, 1.165) is 0 Å². The number of hydrogen-bond acceptors (Lipinski definition) is 5. The zero-order valence-corrected chi connectivity index (χ0v) is 11.6. The van der Waals surface area contributed by atoms with Gasteiger partial charge in [0.05, 0.1) is 25.2 Å². The van der Waals surface area contributed by atoms with Gasteiger partial charge >= 0.3 is 0 Å². The first-order valence-electron chi connectivity index (χ1n) is 5.41. The van der Waals surface area contributed by atoms with Gasteiger partial charge in [0.15, 0.2) is 0 Å². The third kappa shape index (κ3) is 4.42. The number of methoxy groups -OCH3 is 2. The van der Waals surface area contributed by atoms with Gasteiger partial charge < -0.3 is 15.2 Å². The van der Waals surface area contributed by atoms with Crippen LogP contribution in [0.2, 0.25) is 0 Å². The van der Waals surface area contributed by atoms with Crippen LogP contribution in [0.15, 0.2) is 18.2 Å². The van der Waals surface area contributed by atoms with E-state index in [2.05, 4.69) is 4.72 Å². The Labute approximate surface area is 112 Å². The molecule has 0 heterocycles. The van der Waals surface area contributed by atoms with Gasteiger partial charge in [0.1, 0.15) is 11.6 Å². The monoisotopic (exact) mass is 287 g/mol. The number of nitrogens with two attached hydrogens (primary N) is 1. The lowest BCUT2D eigenvalue weighted by atomic mass is 10.2. The number of anilines is 1. The van der Waals surface area contributed by atoms with Crippen LogP contribution in [0, 0.1) is 5.41 Å². The maximum absolute atomic E-state index is 11.7. The van der Waals surface area contributed by atoms with Crippen LogP contribution in [0.3, 0.4) is 0 Å². The Bertz CT molecular complexity index is 557. The second-order valence-corrected chi connectivity index (χ2v) is 5.58. The van der Waals surface area contributed by atoms with E-state index < -0.39 is 10.0 Å². The highest BCUT2D eigenvalue weighted by Crippen LogP contribution is 2.26. The van der Waals surface area contributed by atoms with Crippen LogP contribution < -0.4 is 15.2 Å². The van der Waals surface area contributed by atoms with Gasteiger partial charge in [-0.1, -0.05) is 0 Å². The number of nitrogen functional groups attached to an aromatic ring is 1. The van der Waals surface area contributed by atoms with E-state index in [4.69, 9.17) is 20.6 Å². The molecule has 4 N–H and O–H groups in total. The van der Waals surface area contributed by atoms with Crippen molar-refractivity contribution in [1.29, 1.82) is 5.41 Å². The van der Waals surface area contributed by atoms with E-state index >= 15 is 0 Å². The standard InChI is InChI=1S/C11H17N3O4S/c1-17-5-6-19(15,16)14-9-4-3-8(11(12)13)7-10(9)18-2/h3-4,7,14H,5-6H2,1-2H3,(H3,12,13). The molecule has 1 aromatic carbocycles. The molecule has 0 spiro atoms. The van der Waals surface area contributed by atoms with Gasteiger partial charge in [-0.2, -0.15) is 0 Å². The van der Waals surface area contributed by atoms with Crippen molar-refractivity contribution in [3.05, 3.63) is 23.8 Å². The highest BCUT2D eigenvalue weighted by molar-refractivity contribution is 7.92. The first kappa shape index (κ1) is 15.3. The fraction of sp³-hybridized carbons (Fsp3) is 0.364.